The highest BCUT2D eigenvalue weighted by atomic mass is 35.5. The van der Waals surface area contributed by atoms with Crippen molar-refractivity contribution in [3.8, 4) is 0 Å². The summed E-state index contributed by atoms with van der Waals surface area (Å²) in [6, 6.07) is 6.90. The first-order valence-electron chi connectivity index (χ1n) is 7.67. The summed E-state index contributed by atoms with van der Waals surface area (Å²) < 4.78 is 0. The van der Waals surface area contributed by atoms with Gasteiger partial charge in [0.25, 0.3) is 5.91 Å². The van der Waals surface area contributed by atoms with Gasteiger partial charge in [0.15, 0.2) is 0 Å². The van der Waals surface area contributed by atoms with Crippen molar-refractivity contribution in [1.82, 2.24) is 10.6 Å². The lowest BCUT2D eigenvalue weighted by Crippen LogP contribution is -2.50. The Kier molecular flexibility index (Phi) is 7.26. The highest BCUT2D eigenvalue weighted by Gasteiger charge is 2.38. The van der Waals surface area contributed by atoms with Gasteiger partial charge >= 0.3 is 0 Å². The molecule has 0 aromatic heterocycles. The maximum Gasteiger partial charge on any atom is 0.251 e. The Morgan fingerprint density at radius 3 is 2.57 bits per heavy atom. The molecule has 1 atom stereocenters. The van der Waals surface area contributed by atoms with Crippen molar-refractivity contribution in [3.63, 3.8) is 0 Å². The summed E-state index contributed by atoms with van der Waals surface area (Å²) in [5.41, 5.74) is 0.802. The molecule has 6 heteroatoms. The molecular formula is C17H24ClN3O2. The Morgan fingerprint density at radius 2 is 2.04 bits per heavy atom. The summed E-state index contributed by atoms with van der Waals surface area (Å²) in [4.78, 5) is 24.3. The van der Waals surface area contributed by atoms with Gasteiger partial charge in [0.05, 0.1) is 5.54 Å². The highest BCUT2D eigenvalue weighted by molar-refractivity contribution is 5.99. The van der Waals surface area contributed by atoms with Crippen molar-refractivity contribution in [2.24, 2.45) is 0 Å². The van der Waals surface area contributed by atoms with Crippen molar-refractivity contribution in [3.05, 3.63) is 42.5 Å². The van der Waals surface area contributed by atoms with Crippen LogP contribution in [0.5, 0.6) is 0 Å². The van der Waals surface area contributed by atoms with Gasteiger partial charge < -0.3 is 16.0 Å². The third-order valence-electron chi connectivity index (χ3n) is 4.09. The van der Waals surface area contributed by atoms with E-state index in [1.54, 1.807) is 30.3 Å². The number of carbonyl (C=O) groups is 2. The molecule has 126 valence electrons. The van der Waals surface area contributed by atoms with Gasteiger partial charge in [-0.15, -0.1) is 19.0 Å². The number of nitrogens with one attached hydrogen (secondary N) is 3. The SMILES string of the molecule is C=CCNC(=O)c1ccc(NC(=O)C2(CC)CCCN2)cc1.Cl. The molecule has 1 unspecified atom stereocenters. The molecule has 1 aliphatic heterocycles. The standard InChI is InChI=1S/C17H23N3O2.ClH/c1-3-11-18-15(21)13-6-8-14(9-7-13)20-16(22)17(4-2)10-5-12-19-17;/h3,6-9,19H,1,4-5,10-12H2,2H3,(H,18,21)(H,20,22);1H. The first-order chi connectivity index (χ1) is 10.6. The van der Waals surface area contributed by atoms with Crippen molar-refractivity contribution < 1.29 is 9.59 Å². The molecule has 0 aliphatic carbocycles. The number of halogens is 1. The van der Waals surface area contributed by atoms with Crippen molar-refractivity contribution >= 4 is 29.9 Å². The van der Waals surface area contributed by atoms with E-state index >= 15 is 0 Å². The molecule has 23 heavy (non-hydrogen) atoms. The van der Waals surface area contributed by atoms with E-state index < -0.39 is 5.54 Å². The maximum absolute atomic E-state index is 12.5. The zero-order chi connectivity index (χ0) is 16.0. The molecule has 0 saturated carbocycles. The van der Waals surface area contributed by atoms with Crippen LogP contribution < -0.4 is 16.0 Å². The predicted octanol–water partition coefficient (Wildman–Crippen LogP) is 2.49. The summed E-state index contributed by atoms with van der Waals surface area (Å²) in [7, 11) is 0. The molecular weight excluding hydrogens is 314 g/mol. The molecule has 3 N–H and O–H groups in total. The fourth-order valence-electron chi connectivity index (χ4n) is 2.68. The zero-order valence-electron chi connectivity index (χ0n) is 13.4. The number of carbonyl (C=O) groups excluding carboxylic acids is 2. The van der Waals surface area contributed by atoms with E-state index in [1.165, 1.54) is 0 Å². The van der Waals surface area contributed by atoms with Gasteiger partial charge in [-0.3, -0.25) is 9.59 Å². The molecule has 0 bridgehead atoms. The summed E-state index contributed by atoms with van der Waals surface area (Å²) in [6.45, 7) is 6.89. The topological polar surface area (TPSA) is 70.2 Å². The number of anilines is 1. The summed E-state index contributed by atoms with van der Waals surface area (Å²) >= 11 is 0. The second kappa shape index (κ2) is 8.70. The normalized spacial score (nSPS) is 19.5. The van der Waals surface area contributed by atoms with E-state index in [2.05, 4.69) is 22.5 Å². The van der Waals surface area contributed by atoms with Gasteiger partial charge in [0, 0.05) is 17.8 Å². The lowest BCUT2D eigenvalue weighted by Gasteiger charge is -2.26. The Hall–Kier alpha value is -1.85. The Labute approximate surface area is 143 Å². The molecule has 1 saturated heterocycles. The largest absolute Gasteiger partial charge is 0.349 e. The number of benzene rings is 1. The Bertz CT molecular complexity index is 551. The van der Waals surface area contributed by atoms with Gasteiger partial charge in [-0.1, -0.05) is 13.0 Å². The minimum Gasteiger partial charge on any atom is -0.349 e. The van der Waals surface area contributed by atoms with E-state index in [0.29, 0.717) is 17.8 Å². The summed E-state index contributed by atoms with van der Waals surface area (Å²) in [6.07, 6.45) is 4.27. The Morgan fingerprint density at radius 1 is 1.35 bits per heavy atom. The van der Waals surface area contributed by atoms with Crippen molar-refractivity contribution in [2.75, 3.05) is 18.4 Å². The minimum atomic E-state index is -0.458. The highest BCUT2D eigenvalue weighted by Crippen LogP contribution is 2.25. The first-order valence-corrected chi connectivity index (χ1v) is 7.67. The van der Waals surface area contributed by atoms with E-state index in [9.17, 15) is 9.59 Å². The molecule has 2 amide bonds. The number of amides is 2. The average Bonchev–Trinajstić information content (AvgIpc) is 3.03. The fraction of sp³-hybridized carbons (Fsp3) is 0.412. The minimum absolute atomic E-state index is 0. The average molecular weight is 338 g/mol. The van der Waals surface area contributed by atoms with Gasteiger partial charge in [0.2, 0.25) is 5.91 Å². The second-order valence-electron chi connectivity index (χ2n) is 5.50. The van der Waals surface area contributed by atoms with E-state index in [-0.39, 0.29) is 24.2 Å². The fourth-order valence-corrected chi connectivity index (χ4v) is 2.68. The van der Waals surface area contributed by atoms with Crippen LogP contribution in [0.1, 0.15) is 36.5 Å². The van der Waals surface area contributed by atoms with E-state index in [1.807, 2.05) is 6.92 Å². The van der Waals surface area contributed by atoms with Crippen LogP contribution in [0.2, 0.25) is 0 Å². The van der Waals surface area contributed by atoms with Crippen molar-refractivity contribution in [1.29, 1.82) is 0 Å². The van der Waals surface area contributed by atoms with E-state index in [4.69, 9.17) is 0 Å². The lowest BCUT2D eigenvalue weighted by atomic mass is 9.93. The molecule has 1 fully saturated rings. The molecule has 0 radical (unpaired) electrons. The maximum atomic E-state index is 12.5. The van der Waals surface area contributed by atoms with Crippen molar-refractivity contribution in [2.45, 2.75) is 31.7 Å². The van der Waals surface area contributed by atoms with Crippen LogP contribution in [0.15, 0.2) is 36.9 Å². The molecule has 1 aliphatic rings. The molecule has 1 heterocycles. The second-order valence-corrected chi connectivity index (χ2v) is 5.50. The molecule has 1 aromatic carbocycles. The molecule has 1 aromatic rings. The van der Waals surface area contributed by atoms with Crippen LogP contribution >= 0.6 is 12.4 Å². The van der Waals surface area contributed by atoms with E-state index in [0.717, 1.165) is 25.8 Å². The van der Waals surface area contributed by atoms with Crippen LogP contribution in [-0.4, -0.2) is 30.4 Å². The van der Waals surface area contributed by atoms with Gasteiger partial charge in [-0.05, 0) is 50.1 Å². The third kappa shape index (κ3) is 4.56. The molecule has 5 nitrogen and oxygen atoms in total. The van der Waals surface area contributed by atoms with Crippen LogP contribution in [0, 0.1) is 0 Å². The van der Waals surface area contributed by atoms with Crippen LogP contribution in [0.3, 0.4) is 0 Å². The summed E-state index contributed by atoms with van der Waals surface area (Å²) in [5, 5.41) is 8.96. The predicted molar refractivity (Wildman–Crippen MR) is 95.1 cm³/mol. The lowest BCUT2D eigenvalue weighted by molar-refractivity contribution is -0.122. The molecule has 0 spiro atoms. The smallest absolute Gasteiger partial charge is 0.251 e. The Balaban J connectivity index is 0.00000264. The quantitative estimate of drug-likeness (QED) is 0.698. The molecule has 2 rings (SSSR count). The summed E-state index contributed by atoms with van der Waals surface area (Å²) in [5.74, 6) is -0.156. The monoisotopic (exact) mass is 337 g/mol. The zero-order valence-corrected chi connectivity index (χ0v) is 14.2. The van der Waals surface area contributed by atoms with Crippen LogP contribution in [0.4, 0.5) is 5.69 Å². The number of hydrogen-bond acceptors (Lipinski definition) is 3. The van der Waals surface area contributed by atoms with Crippen LogP contribution in [-0.2, 0) is 4.79 Å². The number of rotatable bonds is 6. The van der Waals surface area contributed by atoms with Gasteiger partial charge in [-0.2, -0.15) is 0 Å². The number of hydrogen-bond donors (Lipinski definition) is 3. The van der Waals surface area contributed by atoms with Gasteiger partial charge in [0.1, 0.15) is 0 Å². The third-order valence-corrected chi connectivity index (χ3v) is 4.09. The van der Waals surface area contributed by atoms with Crippen LogP contribution in [0.25, 0.3) is 0 Å². The van der Waals surface area contributed by atoms with Gasteiger partial charge in [-0.25, -0.2) is 0 Å². The first kappa shape index (κ1) is 19.2.